The zero-order chi connectivity index (χ0) is 20.5. The van der Waals surface area contributed by atoms with Crippen LogP contribution in [0, 0.1) is 11.6 Å². The molecule has 0 unspecified atom stereocenters. The summed E-state index contributed by atoms with van der Waals surface area (Å²) in [5, 5.41) is 5.49. The number of aryl methyl sites for hydroxylation is 1. The molecule has 0 saturated heterocycles. The van der Waals surface area contributed by atoms with Crippen molar-refractivity contribution in [2.75, 3.05) is 5.32 Å². The Bertz CT molecular complexity index is 1030. The lowest BCUT2D eigenvalue weighted by Crippen LogP contribution is -2.19. The van der Waals surface area contributed by atoms with Crippen molar-refractivity contribution in [1.82, 2.24) is 9.78 Å². The number of nitrogens with one attached hydrogen (secondary N) is 1. The first kappa shape index (κ1) is 19.3. The number of carbonyl (C=O) groups is 1. The highest BCUT2D eigenvalue weighted by molar-refractivity contribution is 5.92. The van der Waals surface area contributed by atoms with Crippen molar-refractivity contribution in [2.45, 2.75) is 6.18 Å². The van der Waals surface area contributed by atoms with Crippen LogP contribution in [0.3, 0.4) is 0 Å². The van der Waals surface area contributed by atoms with Crippen LogP contribution in [0.5, 0.6) is 5.75 Å². The minimum Gasteiger partial charge on any atom is -0.406 e. The summed E-state index contributed by atoms with van der Waals surface area (Å²) in [7, 11) is 1.24. The Labute approximate surface area is 155 Å². The first-order valence-electron chi connectivity index (χ1n) is 7.79. The van der Waals surface area contributed by atoms with Gasteiger partial charge in [0.25, 0.3) is 0 Å². The predicted molar refractivity (Wildman–Crippen MR) is 89.7 cm³/mol. The Balaban J connectivity index is 1.87. The Hall–Kier alpha value is -3.43. The zero-order valence-electron chi connectivity index (χ0n) is 14.2. The van der Waals surface area contributed by atoms with Gasteiger partial charge in [0.15, 0.2) is 5.75 Å². The number of para-hydroxylation sites is 1. The Kier molecular flexibility index (Phi) is 5.04. The summed E-state index contributed by atoms with van der Waals surface area (Å²) >= 11 is 0. The monoisotopic (exact) mass is 397 g/mol. The molecule has 1 N–H and O–H groups in total. The van der Waals surface area contributed by atoms with Gasteiger partial charge in [-0.2, -0.15) is 18.3 Å². The minimum atomic E-state index is -4.81. The van der Waals surface area contributed by atoms with Gasteiger partial charge in [-0.1, -0.05) is 18.2 Å². The van der Waals surface area contributed by atoms with Crippen molar-refractivity contribution in [2.24, 2.45) is 7.05 Å². The lowest BCUT2D eigenvalue weighted by Gasteiger charge is -2.12. The highest BCUT2D eigenvalue weighted by atomic mass is 19.4. The molecule has 3 rings (SSSR count). The summed E-state index contributed by atoms with van der Waals surface area (Å²) in [6.45, 7) is 0. The number of amides is 1. The van der Waals surface area contributed by atoms with Crippen LogP contribution in [0.15, 0.2) is 48.7 Å². The number of nitrogens with zero attached hydrogens (tertiary/aromatic N) is 2. The van der Waals surface area contributed by atoms with Crippen LogP contribution in [0.1, 0.15) is 5.69 Å². The van der Waals surface area contributed by atoms with Crippen molar-refractivity contribution >= 4 is 11.8 Å². The van der Waals surface area contributed by atoms with Gasteiger partial charge in [0.05, 0.1) is 11.9 Å². The van der Waals surface area contributed by atoms with E-state index < -0.39 is 35.3 Å². The van der Waals surface area contributed by atoms with Crippen LogP contribution >= 0.6 is 0 Å². The topological polar surface area (TPSA) is 56.1 Å². The largest absolute Gasteiger partial charge is 0.438 e. The molecular weight excluding hydrogens is 385 g/mol. The lowest BCUT2D eigenvalue weighted by atomic mass is 10.0. The molecular formula is C18H12F5N3O2. The van der Waals surface area contributed by atoms with Crippen molar-refractivity contribution in [3.05, 3.63) is 66.0 Å². The zero-order valence-corrected chi connectivity index (χ0v) is 14.2. The van der Waals surface area contributed by atoms with Crippen LogP contribution < -0.4 is 10.1 Å². The molecule has 10 heteroatoms. The molecule has 0 aliphatic carbocycles. The summed E-state index contributed by atoms with van der Waals surface area (Å²) in [5.74, 6) is -2.42. The molecule has 5 nitrogen and oxygen atoms in total. The first-order valence-corrected chi connectivity index (χ1v) is 7.79. The first-order chi connectivity index (χ1) is 13.1. The number of hydrogen-bond donors (Lipinski definition) is 1. The fourth-order valence-corrected chi connectivity index (χ4v) is 2.51. The second kappa shape index (κ2) is 7.29. The fourth-order valence-electron chi connectivity index (χ4n) is 2.51. The molecule has 3 aromatic rings. The Morgan fingerprint density at radius 2 is 1.82 bits per heavy atom. The van der Waals surface area contributed by atoms with E-state index in [1.165, 1.54) is 31.3 Å². The second-order valence-corrected chi connectivity index (χ2v) is 5.70. The minimum absolute atomic E-state index is 0.00495. The second-order valence-electron chi connectivity index (χ2n) is 5.70. The van der Waals surface area contributed by atoms with E-state index in [1.807, 2.05) is 0 Å². The number of anilines is 1. The highest BCUT2D eigenvalue weighted by Gasteiger charge is 2.38. The molecule has 1 aromatic heterocycles. The standard InChI is InChI=1S/C18H12F5N3O2/c1-26-9-15(16(25-26)18(21,22)23)28-17(27)24-14-5-3-2-4-12(14)11-7-6-10(19)8-13(11)20/h2-9H,1H3,(H,24,27). The van der Waals surface area contributed by atoms with Crippen molar-refractivity contribution < 1.29 is 31.5 Å². The third-order valence-electron chi connectivity index (χ3n) is 3.65. The molecule has 0 radical (unpaired) electrons. The summed E-state index contributed by atoms with van der Waals surface area (Å²) < 4.78 is 71.6. The van der Waals surface area contributed by atoms with Gasteiger partial charge >= 0.3 is 12.3 Å². The summed E-state index contributed by atoms with van der Waals surface area (Å²) in [4.78, 5) is 12.1. The normalized spacial score (nSPS) is 11.4. The van der Waals surface area contributed by atoms with Gasteiger partial charge in [0.2, 0.25) is 5.69 Å². The molecule has 1 heterocycles. The van der Waals surface area contributed by atoms with E-state index >= 15 is 0 Å². The molecule has 0 aliphatic rings. The van der Waals surface area contributed by atoms with Gasteiger partial charge in [0, 0.05) is 24.2 Å². The quantitative estimate of drug-likeness (QED) is 0.633. The molecule has 146 valence electrons. The maximum absolute atomic E-state index is 14.1. The molecule has 0 spiro atoms. The van der Waals surface area contributed by atoms with E-state index in [-0.39, 0.29) is 16.8 Å². The molecule has 1 amide bonds. The summed E-state index contributed by atoms with van der Waals surface area (Å²) in [6, 6.07) is 8.82. The number of alkyl halides is 3. The molecule has 2 aromatic carbocycles. The summed E-state index contributed by atoms with van der Waals surface area (Å²) in [5.41, 5.74) is -1.10. The van der Waals surface area contributed by atoms with E-state index in [1.54, 1.807) is 6.07 Å². The molecule has 0 atom stereocenters. The fraction of sp³-hybridized carbons (Fsp3) is 0.111. The number of hydrogen-bond acceptors (Lipinski definition) is 3. The van der Waals surface area contributed by atoms with Crippen LogP contribution in [-0.4, -0.2) is 15.9 Å². The van der Waals surface area contributed by atoms with Crippen LogP contribution in [0.4, 0.5) is 32.4 Å². The van der Waals surface area contributed by atoms with E-state index in [4.69, 9.17) is 4.74 Å². The van der Waals surface area contributed by atoms with E-state index in [9.17, 15) is 26.7 Å². The smallest absolute Gasteiger partial charge is 0.406 e. The predicted octanol–water partition coefficient (Wildman–Crippen LogP) is 5.00. The number of carbonyl (C=O) groups excluding carboxylic acids is 1. The number of ether oxygens (including phenoxy) is 1. The maximum Gasteiger partial charge on any atom is 0.438 e. The number of aromatic nitrogens is 2. The molecule has 0 saturated carbocycles. The average Bonchev–Trinajstić information content (AvgIpc) is 2.96. The Morgan fingerprint density at radius 1 is 1.11 bits per heavy atom. The molecule has 0 aliphatic heterocycles. The van der Waals surface area contributed by atoms with Crippen LogP contribution in [0.2, 0.25) is 0 Å². The van der Waals surface area contributed by atoms with E-state index in [2.05, 4.69) is 10.4 Å². The highest BCUT2D eigenvalue weighted by Crippen LogP contribution is 2.35. The number of halogens is 5. The van der Waals surface area contributed by atoms with Gasteiger partial charge < -0.3 is 4.74 Å². The Morgan fingerprint density at radius 3 is 2.50 bits per heavy atom. The van der Waals surface area contributed by atoms with Crippen molar-refractivity contribution in [1.29, 1.82) is 0 Å². The van der Waals surface area contributed by atoms with Crippen molar-refractivity contribution in [3.8, 4) is 16.9 Å². The average molecular weight is 397 g/mol. The van der Waals surface area contributed by atoms with Crippen LogP contribution in [0.25, 0.3) is 11.1 Å². The van der Waals surface area contributed by atoms with Gasteiger partial charge in [-0.05, 0) is 18.2 Å². The van der Waals surface area contributed by atoms with E-state index in [0.717, 1.165) is 16.9 Å². The third-order valence-corrected chi connectivity index (χ3v) is 3.65. The lowest BCUT2D eigenvalue weighted by molar-refractivity contribution is -0.142. The van der Waals surface area contributed by atoms with Gasteiger partial charge in [0.1, 0.15) is 11.6 Å². The number of rotatable bonds is 3. The molecule has 0 bridgehead atoms. The summed E-state index contributed by atoms with van der Waals surface area (Å²) in [6.07, 6.45) is -5.14. The van der Waals surface area contributed by atoms with Gasteiger partial charge in [-0.25, -0.2) is 13.6 Å². The van der Waals surface area contributed by atoms with Crippen molar-refractivity contribution in [3.63, 3.8) is 0 Å². The maximum atomic E-state index is 14.1. The number of benzene rings is 2. The SMILES string of the molecule is Cn1cc(OC(=O)Nc2ccccc2-c2ccc(F)cc2F)c(C(F)(F)F)n1. The van der Waals surface area contributed by atoms with Crippen LogP contribution in [-0.2, 0) is 13.2 Å². The van der Waals surface area contributed by atoms with E-state index in [0.29, 0.717) is 6.07 Å². The van der Waals surface area contributed by atoms with Gasteiger partial charge in [-0.15, -0.1) is 0 Å². The van der Waals surface area contributed by atoms with Gasteiger partial charge in [-0.3, -0.25) is 10.00 Å². The molecule has 28 heavy (non-hydrogen) atoms. The third kappa shape index (κ3) is 4.11. The molecule has 0 fully saturated rings.